The average molecular weight is 436 g/mol. The predicted molar refractivity (Wildman–Crippen MR) is 119 cm³/mol. The second-order valence-electron chi connectivity index (χ2n) is 8.25. The van der Waals surface area contributed by atoms with Gasteiger partial charge in [0.15, 0.2) is 11.5 Å². The number of nitrogens with zero attached hydrogens (tertiary/aromatic N) is 2. The van der Waals surface area contributed by atoms with Crippen LogP contribution in [0.1, 0.15) is 43.4 Å². The van der Waals surface area contributed by atoms with Crippen molar-refractivity contribution in [2.75, 3.05) is 13.3 Å². The maximum atomic E-state index is 12.8. The van der Waals surface area contributed by atoms with Gasteiger partial charge in [-0.15, -0.1) is 11.3 Å². The van der Waals surface area contributed by atoms with Crippen LogP contribution >= 0.6 is 11.3 Å². The lowest BCUT2D eigenvalue weighted by molar-refractivity contribution is -0.120. The topological polar surface area (TPSA) is 73.3 Å². The van der Waals surface area contributed by atoms with Gasteiger partial charge in [-0.25, -0.2) is 4.98 Å². The van der Waals surface area contributed by atoms with Gasteiger partial charge in [0.1, 0.15) is 5.01 Å². The molecule has 1 saturated carbocycles. The zero-order valence-corrected chi connectivity index (χ0v) is 18.1. The van der Waals surface area contributed by atoms with Crippen molar-refractivity contribution in [2.45, 2.75) is 43.9 Å². The van der Waals surface area contributed by atoms with Crippen LogP contribution in [0.2, 0.25) is 0 Å². The highest BCUT2D eigenvalue weighted by Gasteiger charge is 2.35. The molecule has 6 nitrogen and oxygen atoms in total. The SMILES string of the molecule is O=C(Cc1csc(-c2cccnc2)n1)NCC1(c2ccc3c(c2)OCO3)CCCCC1. The van der Waals surface area contributed by atoms with Gasteiger partial charge in [0.25, 0.3) is 0 Å². The molecule has 5 rings (SSSR count). The summed E-state index contributed by atoms with van der Waals surface area (Å²) in [6.07, 6.45) is 9.54. The Balaban J connectivity index is 1.27. The van der Waals surface area contributed by atoms with Gasteiger partial charge in [-0.2, -0.15) is 0 Å². The molecule has 2 aliphatic rings. The molecule has 1 aliphatic carbocycles. The van der Waals surface area contributed by atoms with E-state index >= 15 is 0 Å². The second-order valence-corrected chi connectivity index (χ2v) is 9.11. The second kappa shape index (κ2) is 8.67. The lowest BCUT2D eigenvalue weighted by Crippen LogP contribution is -2.42. The summed E-state index contributed by atoms with van der Waals surface area (Å²) in [6, 6.07) is 10.1. The van der Waals surface area contributed by atoms with Crippen LogP contribution in [0.3, 0.4) is 0 Å². The molecule has 31 heavy (non-hydrogen) atoms. The standard InChI is InChI=1S/C24H25N3O3S/c28-22(12-19-14-31-23(27-19)17-5-4-10-25-13-17)26-15-24(8-2-1-3-9-24)18-6-7-20-21(11-18)30-16-29-20/h4-7,10-11,13-14H,1-3,8-9,12,15-16H2,(H,26,28). The third-order valence-corrected chi connectivity index (χ3v) is 7.16. The van der Waals surface area contributed by atoms with E-state index in [0.29, 0.717) is 6.54 Å². The molecule has 0 bridgehead atoms. The van der Waals surface area contributed by atoms with E-state index < -0.39 is 0 Å². The molecule has 160 valence electrons. The molecular weight excluding hydrogens is 410 g/mol. The summed E-state index contributed by atoms with van der Waals surface area (Å²) >= 11 is 1.54. The highest BCUT2D eigenvalue weighted by atomic mass is 32.1. The number of fused-ring (bicyclic) bond motifs is 1. The highest BCUT2D eigenvalue weighted by molar-refractivity contribution is 7.13. The van der Waals surface area contributed by atoms with E-state index in [2.05, 4.69) is 27.4 Å². The summed E-state index contributed by atoms with van der Waals surface area (Å²) < 4.78 is 11.1. The molecule has 1 fully saturated rings. The zero-order chi connectivity index (χ0) is 21.1. The van der Waals surface area contributed by atoms with Gasteiger partial charge in [0, 0.05) is 35.3 Å². The van der Waals surface area contributed by atoms with Crippen molar-refractivity contribution >= 4 is 17.2 Å². The van der Waals surface area contributed by atoms with Gasteiger partial charge in [0.05, 0.1) is 12.1 Å². The van der Waals surface area contributed by atoms with Crippen LogP contribution in [-0.4, -0.2) is 29.2 Å². The molecule has 0 spiro atoms. The number of thiazole rings is 1. The fourth-order valence-corrected chi connectivity index (χ4v) is 5.34. The monoisotopic (exact) mass is 435 g/mol. The summed E-state index contributed by atoms with van der Waals surface area (Å²) in [4.78, 5) is 21.5. The van der Waals surface area contributed by atoms with Crippen LogP contribution in [0.5, 0.6) is 11.5 Å². The molecule has 0 unspecified atom stereocenters. The molecule has 3 aromatic rings. The Morgan fingerprint density at radius 1 is 1.13 bits per heavy atom. The molecule has 0 atom stereocenters. The number of nitrogens with one attached hydrogen (secondary N) is 1. The number of amides is 1. The number of rotatable bonds is 6. The van der Waals surface area contributed by atoms with E-state index in [1.807, 2.05) is 23.6 Å². The highest BCUT2D eigenvalue weighted by Crippen LogP contribution is 2.43. The number of hydrogen-bond donors (Lipinski definition) is 1. The van der Waals surface area contributed by atoms with Crippen LogP contribution in [0.15, 0.2) is 48.1 Å². The van der Waals surface area contributed by atoms with Crippen molar-refractivity contribution in [3.05, 3.63) is 59.4 Å². The minimum Gasteiger partial charge on any atom is -0.454 e. The number of ether oxygens (including phenoxy) is 2. The smallest absolute Gasteiger partial charge is 0.231 e. The van der Waals surface area contributed by atoms with Crippen molar-refractivity contribution < 1.29 is 14.3 Å². The van der Waals surface area contributed by atoms with Gasteiger partial charge in [0.2, 0.25) is 12.7 Å². The maximum absolute atomic E-state index is 12.8. The van der Waals surface area contributed by atoms with Crippen LogP contribution in [-0.2, 0) is 16.6 Å². The summed E-state index contributed by atoms with van der Waals surface area (Å²) in [5.74, 6) is 1.61. The molecule has 3 heterocycles. The van der Waals surface area contributed by atoms with Gasteiger partial charge < -0.3 is 14.8 Å². The van der Waals surface area contributed by atoms with Crippen LogP contribution in [0.4, 0.5) is 0 Å². The Morgan fingerprint density at radius 3 is 2.84 bits per heavy atom. The number of hydrogen-bond acceptors (Lipinski definition) is 6. The predicted octanol–water partition coefficient (Wildman–Crippen LogP) is 4.49. The van der Waals surface area contributed by atoms with Gasteiger partial charge in [-0.05, 0) is 42.7 Å². The van der Waals surface area contributed by atoms with Gasteiger partial charge >= 0.3 is 0 Å². The van der Waals surface area contributed by atoms with E-state index in [1.165, 1.54) is 24.8 Å². The first kappa shape index (κ1) is 20.0. The lowest BCUT2D eigenvalue weighted by atomic mass is 9.69. The zero-order valence-electron chi connectivity index (χ0n) is 17.3. The molecule has 7 heteroatoms. The number of benzene rings is 1. The van der Waals surface area contributed by atoms with Crippen molar-refractivity contribution in [2.24, 2.45) is 0 Å². The molecule has 1 amide bonds. The fraction of sp³-hybridized carbons (Fsp3) is 0.375. The Kier molecular flexibility index (Phi) is 5.59. The molecular formula is C24H25N3O3S. The Morgan fingerprint density at radius 2 is 2.00 bits per heavy atom. The first-order valence-corrected chi connectivity index (χ1v) is 11.6. The summed E-state index contributed by atoms with van der Waals surface area (Å²) in [6.45, 7) is 0.905. The number of aromatic nitrogens is 2. The quantitative estimate of drug-likeness (QED) is 0.617. The molecule has 1 aromatic carbocycles. The molecule has 1 aliphatic heterocycles. The van der Waals surface area contributed by atoms with E-state index in [-0.39, 0.29) is 24.5 Å². The molecule has 0 radical (unpaired) electrons. The van der Waals surface area contributed by atoms with Crippen molar-refractivity contribution in [1.29, 1.82) is 0 Å². The molecule has 1 N–H and O–H groups in total. The van der Waals surface area contributed by atoms with Gasteiger partial charge in [-0.3, -0.25) is 9.78 Å². The Bertz CT molecular complexity index is 1060. The summed E-state index contributed by atoms with van der Waals surface area (Å²) in [5.41, 5.74) is 2.94. The van der Waals surface area contributed by atoms with Crippen LogP contribution in [0, 0.1) is 0 Å². The Labute approximate surface area is 185 Å². The van der Waals surface area contributed by atoms with E-state index in [0.717, 1.165) is 40.6 Å². The van der Waals surface area contributed by atoms with E-state index in [9.17, 15) is 4.79 Å². The van der Waals surface area contributed by atoms with Crippen molar-refractivity contribution in [1.82, 2.24) is 15.3 Å². The average Bonchev–Trinajstić information content (AvgIpc) is 3.48. The minimum atomic E-state index is -0.0577. The molecule has 2 aromatic heterocycles. The van der Waals surface area contributed by atoms with Gasteiger partial charge in [-0.1, -0.05) is 25.3 Å². The third kappa shape index (κ3) is 4.28. The van der Waals surface area contributed by atoms with Crippen LogP contribution in [0.25, 0.3) is 10.6 Å². The number of carbonyl (C=O) groups excluding carboxylic acids is 1. The van der Waals surface area contributed by atoms with Crippen LogP contribution < -0.4 is 14.8 Å². The number of carbonyl (C=O) groups is 1. The maximum Gasteiger partial charge on any atom is 0.231 e. The first-order chi connectivity index (χ1) is 15.2. The first-order valence-electron chi connectivity index (χ1n) is 10.7. The molecule has 0 saturated heterocycles. The number of pyridine rings is 1. The third-order valence-electron chi connectivity index (χ3n) is 6.22. The largest absolute Gasteiger partial charge is 0.454 e. The van der Waals surface area contributed by atoms with Crippen molar-refractivity contribution in [3.63, 3.8) is 0 Å². The summed E-state index contributed by atoms with van der Waals surface area (Å²) in [7, 11) is 0. The lowest BCUT2D eigenvalue weighted by Gasteiger charge is -2.38. The summed E-state index contributed by atoms with van der Waals surface area (Å²) in [5, 5.41) is 6.04. The normalized spacial score (nSPS) is 16.8. The van der Waals surface area contributed by atoms with Crippen molar-refractivity contribution in [3.8, 4) is 22.1 Å². The fourth-order valence-electron chi connectivity index (χ4n) is 4.53. The minimum absolute atomic E-state index is 0.00808. The van der Waals surface area contributed by atoms with E-state index in [4.69, 9.17) is 9.47 Å². The van der Waals surface area contributed by atoms with E-state index in [1.54, 1.807) is 23.7 Å². The Hall–Kier alpha value is -2.93.